The fourth-order valence-corrected chi connectivity index (χ4v) is 5.46. The fourth-order valence-electron chi connectivity index (χ4n) is 4.08. The second-order valence-corrected chi connectivity index (χ2v) is 14.1. The lowest BCUT2D eigenvalue weighted by Gasteiger charge is -2.50. The molecule has 144 valence electrons. The molecule has 0 aliphatic carbocycles. The van der Waals surface area contributed by atoms with E-state index in [0.717, 1.165) is 31.2 Å². The van der Waals surface area contributed by atoms with Gasteiger partial charge in [-0.2, -0.15) is 0 Å². The zero-order valence-corrected chi connectivity index (χ0v) is 17.7. The number of benzene rings is 1. The van der Waals surface area contributed by atoms with E-state index in [1.54, 1.807) is 12.1 Å². The molecule has 2 aliphatic heterocycles. The van der Waals surface area contributed by atoms with Crippen molar-refractivity contribution in [2.75, 3.05) is 0 Å². The standard InChI is InChI=1S/C21H32FNO2Si/c1-21(2,3)26(4,5)25-18-13-17-10-7-11-20(24)23(17)19(14-18)15-8-6-9-16(22)12-15/h6,8-9,12,17-19H,7,10-11,13-14H2,1-5H3. The highest BCUT2D eigenvalue weighted by Crippen LogP contribution is 2.44. The summed E-state index contributed by atoms with van der Waals surface area (Å²) in [6.45, 7) is 11.3. The van der Waals surface area contributed by atoms with Crippen LogP contribution < -0.4 is 0 Å². The van der Waals surface area contributed by atoms with Gasteiger partial charge >= 0.3 is 0 Å². The van der Waals surface area contributed by atoms with Gasteiger partial charge in [-0.05, 0) is 61.5 Å². The number of halogens is 1. The molecule has 3 nitrogen and oxygen atoms in total. The van der Waals surface area contributed by atoms with Gasteiger partial charge in [-0.3, -0.25) is 4.79 Å². The van der Waals surface area contributed by atoms with Crippen LogP contribution in [-0.4, -0.2) is 31.3 Å². The number of hydrogen-bond donors (Lipinski definition) is 0. The van der Waals surface area contributed by atoms with Crippen LogP contribution in [0.4, 0.5) is 4.39 Å². The number of carbonyl (C=O) groups excluding carboxylic acids is 1. The zero-order chi connectivity index (χ0) is 19.1. The van der Waals surface area contributed by atoms with E-state index in [0.29, 0.717) is 6.42 Å². The van der Waals surface area contributed by atoms with Crippen LogP contribution in [-0.2, 0) is 9.22 Å². The second kappa shape index (κ2) is 7.08. The van der Waals surface area contributed by atoms with Gasteiger partial charge in [-0.25, -0.2) is 4.39 Å². The molecule has 3 rings (SSSR count). The monoisotopic (exact) mass is 377 g/mol. The molecule has 0 spiro atoms. The van der Waals surface area contributed by atoms with E-state index in [9.17, 15) is 9.18 Å². The van der Waals surface area contributed by atoms with Crippen LogP contribution in [0.15, 0.2) is 24.3 Å². The van der Waals surface area contributed by atoms with Gasteiger partial charge in [-0.15, -0.1) is 0 Å². The first-order chi connectivity index (χ1) is 12.1. The summed E-state index contributed by atoms with van der Waals surface area (Å²) in [7, 11) is -1.88. The Morgan fingerprint density at radius 1 is 1.23 bits per heavy atom. The van der Waals surface area contributed by atoms with Crippen molar-refractivity contribution < 1.29 is 13.6 Å². The average molecular weight is 378 g/mol. The van der Waals surface area contributed by atoms with Gasteiger partial charge in [0.05, 0.1) is 6.04 Å². The Kier molecular flexibility index (Phi) is 5.32. The maximum atomic E-state index is 13.8. The van der Waals surface area contributed by atoms with Gasteiger partial charge in [0.15, 0.2) is 8.32 Å². The van der Waals surface area contributed by atoms with E-state index in [1.165, 1.54) is 6.07 Å². The van der Waals surface area contributed by atoms with Crippen molar-refractivity contribution in [2.45, 2.75) is 89.2 Å². The van der Waals surface area contributed by atoms with Gasteiger partial charge in [-0.1, -0.05) is 32.9 Å². The summed E-state index contributed by atoms with van der Waals surface area (Å²) >= 11 is 0. The summed E-state index contributed by atoms with van der Waals surface area (Å²) in [6.07, 6.45) is 4.38. The molecule has 0 aromatic heterocycles. The van der Waals surface area contributed by atoms with E-state index in [4.69, 9.17) is 4.43 Å². The minimum absolute atomic E-state index is 0.0768. The highest BCUT2D eigenvalue weighted by atomic mass is 28.4. The molecule has 1 amide bonds. The molecule has 5 heteroatoms. The summed E-state index contributed by atoms with van der Waals surface area (Å²) in [5, 5.41) is 0.154. The quantitative estimate of drug-likeness (QED) is 0.657. The molecule has 2 saturated heterocycles. The van der Waals surface area contributed by atoms with E-state index in [2.05, 4.69) is 33.9 Å². The number of carbonyl (C=O) groups is 1. The zero-order valence-electron chi connectivity index (χ0n) is 16.7. The molecular weight excluding hydrogens is 345 g/mol. The molecule has 26 heavy (non-hydrogen) atoms. The third-order valence-corrected chi connectivity index (χ3v) is 11.0. The summed E-state index contributed by atoms with van der Waals surface area (Å²) in [6, 6.07) is 6.87. The first kappa shape index (κ1) is 19.6. The molecule has 3 unspecified atom stereocenters. The van der Waals surface area contributed by atoms with Gasteiger partial charge in [0.25, 0.3) is 0 Å². The van der Waals surface area contributed by atoms with E-state index >= 15 is 0 Å². The van der Waals surface area contributed by atoms with Crippen LogP contribution in [0.2, 0.25) is 18.1 Å². The molecule has 2 fully saturated rings. The number of piperidine rings is 2. The average Bonchev–Trinajstić information content (AvgIpc) is 2.53. The Hall–Kier alpha value is -1.20. The smallest absolute Gasteiger partial charge is 0.223 e. The molecule has 0 saturated carbocycles. The van der Waals surface area contributed by atoms with Gasteiger partial charge in [0.1, 0.15) is 5.82 Å². The van der Waals surface area contributed by atoms with Crippen molar-refractivity contribution in [3.05, 3.63) is 35.6 Å². The minimum Gasteiger partial charge on any atom is -0.414 e. The fraction of sp³-hybridized carbons (Fsp3) is 0.667. The van der Waals surface area contributed by atoms with Gasteiger partial charge < -0.3 is 9.33 Å². The van der Waals surface area contributed by atoms with Gasteiger partial charge in [0.2, 0.25) is 5.91 Å². The Bertz CT molecular complexity index is 670. The molecule has 1 aromatic rings. The van der Waals surface area contributed by atoms with Gasteiger partial charge in [0, 0.05) is 18.6 Å². The van der Waals surface area contributed by atoms with Crippen LogP contribution in [0.1, 0.15) is 64.5 Å². The van der Waals surface area contributed by atoms with Crippen molar-refractivity contribution in [3.63, 3.8) is 0 Å². The normalized spacial score (nSPS) is 27.4. The lowest BCUT2D eigenvalue weighted by atomic mass is 9.84. The summed E-state index contributed by atoms with van der Waals surface area (Å²) < 4.78 is 20.6. The highest BCUT2D eigenvalue weighted by Gasteiger charge is 2.45. The molecule has 0 radical (unpaired) electrons. The number of fused-ring (bicyclic) bond motifs is 1. The molecule has 2 aliphatic rings. The largest absolute Gasteiger partial charge is 0.414 e. The van der Waals surface area contributed by atoms with Crippen molar-refractivity contribution in [3.8, 4) is 0 Å². The predicted octanol–water partition coefficient (Wildman–Crippen LogP) is 5.43. The number of rotatable bonds is 3. The van der Waals surface area contributed by atoms with E-state index < -0.39 is 8.32 Å². The van der Waals surface area contributed by atoms with E-state index in [-0.39, 0.29) is 35.0 Å². The summed E-state index contributed by atoms with van der Waals surface area (Å²) in [4.78, 5) is 14.7. The lowest BCUT2D eigenvalue weighted by molar-refractivity contribution is -0.144. The molecule has 0 N–H and O–H groups in total. The van der Waals surface area contributed by atoms with Crippen LogP contribution in [0, 0.1) is 5.82 Å². The molecule has 0 bridgehead atoms. The van der Waals surface area contributed by atoms with E-state index in [1.807, 2.05) is 11.0 Å². The van der Waals surface area contributed by atoms with Crippen LogP contribution in [0.3, 0.4) is 0 Å². The Balaban J connectivity index is 1.89. The lowest BCUT2D eigenvalue weighted by Crippen LogP contribution is -2.54. The Labute approximate surface area is 158 Å². The number of hydrogen-bond acceptors (Lipinski definition) is 2. The number of nitrogens with zero attached hydrogens (tertiary/aromatic N) is 1. The van der Waals surface area contributed by atoms with Crippen LogP contribution in [0.25, 0.3) is 0 Å². The number of amides is 1. The Morgan fingerprint density at radius 3 is 2.62 bits per heavy atom. The van der Waals surface area contributed by atoms with Crippen molar-refractivity contribution in [1.82, 2.24) is 4.90 Å². The van der Waals surface area contributed by atoms with Crippen molar-refractivity contribution in [1.29, 1.82) is 0 Å². The first-order valence-corrected chi connectivity index (χ1v) is 12.7. The van der Waals surface area contributed by atoms with Crippen molar-refractivity contribution >= 4 is 14.2 Å². The second-order valence-electron chi connectivity index (χ2n) is 9.39. The Morgan fingerprint density at radius 2 is 1.96 bits per heavy atom. The topological polar surface area (TPSA) is 29.5 Å². The maximum absolute atomic E-state index is 13.8. The van der Waals surface area contributed by atoms with Crippen LogP contribution in [0.5, 0.6) is 0 Å². The minimum atomic E-state index is -1.88. The molecule has 2 heterocycles. The SMILES string of the molecule is CC(C)(C)[Si](C)(C)OC1CC2CCCC(=O)N2C(c2cccc(F)c2)C1. The highest BCUT2D eigenvalue weighted by molar-refractivity contribution is 6.74. The third-order valence-electron chi connectivity index (χ3n) is 6.47. The molecular formula is C21H32FNO2Si. The van der Waals surface area contributed by atoms with Crippen molar-refractivity contribution in [2.24, 2.45) is 0 Å². The maximum Gasteiger partial charge on any atom is 0.223 e. The molecule has 1 aromatic carbocycles. The third kappa shape index (κ3) is 3.89. The van der Waals surface area contributed by atoms with Crippen LogP contribution >= 0.6 is 0 Å². The summed E-state index contributed by atoms with van der Waals surface area (Å²) in [5.74, 6) is -0.0303. The first-order valence-electron chi connectivity index (χ1n) is 9.83. The predicted molar refractivity (Wildman–Crippen MR) is 105 cm³/mol. The molecule has 3 atom stereocenters. The summed E-state index contributed by atoms with van der Waals surface area (Å²) in [5.41, 5.74) is 0.897.